The number of rotatable bonds is 6. The van der Waals surface area contributed by atoms with Crippen molar-refractivity contribution < 1.29 is 9.59 Å². The molecule has 8 nitrogen and oxygen atoms in total. The molecule has 2 amide bonds. The van der Waals surface area contributed by atoms with Gasteiger partial charge in [-0.05, 0) is 46.3 Å². The van der Waals surface area contributed by atoms with E-state index in [0.29, 0.717) is 23.5 Å². The molecule has 130 valence electrons. The van der Waals surface area contributed by atoms with Crippen molar-refractivity contribution in [3.05, 3.63) is 78.6 Å². The van der Waals surface area contributed by atoms with Gasteiger partial charge in [0.05, 0.1) is 11.4 Å². The molecule has 0 aliphatic rings. The van der Waals surface area contributed by atoms with Gasteiger partial charge in [-0.2, -0.15) is 4.68 Å². The summed E-state index contributed by atoms with van der Waals surface area (Å²) in [6.07, 6.45) is 2.67. The lowest BCUT2D eigenvalue weighted by molar-refractivity contribution is -0.116. The first-order valence-corrected chi connectivity index (χ1v) is 7.80. The zero-order valence-corrected chi connectivity index (χ0v) is 13.8. The second-order valence-electron chi connectivity index (χ2n) is 5.34. The third-order valence-corrected chi connectivity index (χ3v) is 3.62. The van der Waals surface area contributed by atoms with Gasteiger partial charge in [-0.3, -0.25) is 9.59 Å². The number of para-hydroxylation sites is 2. The average molecular weight is 348 g/mol. The minimum Gasteiger partial charge on any atom is -0.348 e. The van der Waals surface area contributed by atoms with E-state index in [4.69, 9.17) is 0 Å². The van der Waals surface area contributed by atoms with Crippen LogP contribution >= 0.6 is 0 Å². The van der Waals surface area contributed by atoms with Gasteiger partial charge in [-0.1, -0.05) is 30.8 Å². The van der Waals surface area contributed by atoms with Crippen LogP contribution in [0.15, 0.2) is 67.5 Å². The highest BCUT2D eigenvalue weighted by atomic mass is 16.2. The molecule has 0 bridgehead atoms. The fraction of sp³-hybridized carbons (Fsp3) is 0.0556. The number of aromatic nitrogens is 4. The third kappa shape index (κ3) is 3.99. The molecular weight excluding hydrogens is 332 g/mol. The third-order valence-electron chi connectivity index (χ3n) is 3.62. The van der Waals surface area contributed by atoms with Crippen LogP contribution in [0.3, 0.4) is 0 Å². The second-order valence-corrected chi connectivity index (χ2v) is 5.34. The van der Waals surface area contributed by atoms with Gasteiger partial charge in [0.25, 0.3) is 5.91 Å². The van der Waals surface area contributed by atoms with Crippen LogP contribution in [-0.4, -0.2) is 32.0 Å². The summed E-state index contributed by atoms with van der Waals surface area (Å²) in [5.74, 6) is -0.502. The van der Waals surface area contributed by atoms with Crippen LogP contribution in [0, 0.1) is 0 Å². The number of tetrazole rings is 1. The van der Waals surface area contributed by atoms with Crippen molar-refractivity contribution in [3.63, 3.8) is 0 Å². The van der Waals surface area contributed by atoms with Crippen molar-refractivity contribution in [3.8, 4) is 5.69 Å². The molecule has 2 aromatic carbocycles. The first-order valence-electron chi connectivity index (χ1n) is 7.80. The van der Waals surface area contributed by atoms with Crippen LogP contribution in [0.5, 0.6) is 0 Å². The minimum absolute atomic E-state index is 0.244. The largest absolute Gasteiger partial charge is 0.348 e. The summed E-state index contributed by atoms with van der Waals surface area (Å²) in [5.41, 5.74) is 2.63. The summed E-state index contributed by atoms with van der Waals surface area (Å²) in [6.45, 7) is 3.77. The summed E-state index contributed by atoms with van der Waals surface area (Å²) in [4.78, 5) is 23.7. The molecule has 8 heteroatoms. The normalized spacial score (nSPS) is 10.2. The summed E-state index contributed by atoms with van der Waals surface area (Å²) < 4.78 is 1.47. The maximum absolute atomic E-state index is 12.5. The van der Waals surface area contributed by atoms with Crippen LogP contribution in [0.1, 0.15) is 15.9 Å². The Morgan fingerprint density at radius 2 is 1.88 bits per heavy atom. The Morgan fingerprint density at radius 3 is 2.58 bits per heavy atom. The molecule has 1 aromatic heterocycles. The monoisotopic (exact) mass is 348 g/mol. The lowest BCUT2D eigenvalue weighted by Gasteiger charge is -2.10. The lowest BCUT2D eigenvalue weighted by atomic mass is 10.1. The van der Waals surface area contributed by atoms with Crippen molar-refractivity contribution in [2.75, 3.05) is 5.32 Å². The molecule has 3 aromatic rings. The SMILES string of the molecule is C=CC(=O)NCc1ccc(C(=O)Nc2ccccc2-n2cnnn2)cc1. The van der Waals surface area contributed by atoms with Crippen molar-refractivity contribution in [1.82, 2.24) is 25.5 Å². The average Bonchev–Trinajstić information content (AvgIpc) is 3.21. The number of amides is 2. The zero-order chi connectivity index (χ0) is 18.4. The molecular formula is C18H16N6O2. The van der Waals surface area contributed by atoms with Gasteiger partial charge >= 0.3 is 0 Å². The molecule has 0 saturated carbocycles. The molecule has 0 aliphatic carbocycles. The van der Waals surface area contributed by atoms with E-state index < -0.39 is 0 Å². The number of hydrogen-bond acceptors (Lipinski definition) is 5. The van der Waals surface area contributed by atoms with Gasteiger partial charge in [0.1, 0.15) is 6.33 Å². The quantitative estimate of drug-likeness (QED) is 0.661. The minimum atomic E-state index is -0.257. The summed E-state index contributed by atoms with van der Waals surface area (Å²) in [6, 6.07) is 14.2. The van der Waals surface area contributed by atoms with E-state index in [1.807, 2.05) is 12.1 Å². The number of anilines is 1. The number of benzene rings is 2. The standard InChI is InChI=1S/C18H16N6O2/c1-2-17(25)19-11-13-7-9-14(10-8-13)18(26)21-15-5-3-4-6-16(15)24-12-20-22-23-24/h2-10,12H,1,11H2,(H,19,25)(H,21,26). The Morgan fingerprint density at radius 1 is 1.12 bits per heavy atom. The summed E-state index contributed by atoms with van der Waals surface area (Å²) >= 11 is 0. The Bertz CT molecular complexity index is 919. The number of carbonyl (C=O) groups excluding carboxylic acids is 2. The zero-order valence-electron chi connectivity index (χ0n) is 13.8. The Hall–Kier alpha value is -3.81. The van der Waals surface area contributed by atoms with Gasteiger partial charge in [-0.25, -0.2) is 0 Å². The maximum Gasteiger partial charge on any atom is 0.255 e. The van der Waals surface area contributed by atoms with Gasteiger partial charge in [0.15, 0.2) is 0 Å². The number of nitrogens with one attached hydrogen (secondary N) is 2. The highest BCUT2D eigenvalue weighted by Gasteiger charge is 2.11. The van der Waals surface area contributed by atoms with E-state index in [-0.39, 0.29) is 11.8 Å². The van der Waals surface area contributed by atoms with E-state index in [1.165, 1.54) is 17.1 Å². The number of nitrogens with zero attached hydrogens (tertiary/aromatic N) is 4. The van der Waals surface area contributed by atoms with Crippen LogP contribution < -0.4 is 10.6 Å². The molecule has 26 heavy (non-hydrogen) atoms. The van der Waals surface area contributed by atoms with Gasteiger partial charge in [0.2, 0.25) is 5.91 Å². The first kappa shape index (κ1) is 17.0. The first-order chi connectivity index (χ1) is 12.7. The van der Waals surface area contributed by atoms with Crippen LogP contribution in [-0.2, 0) is 11.3 Å². The van der Waals surface area contributed by atoms with E-state index in [2.05, 4.69) is 32.7 Å². The van der Waals surface area contributed by atoms with Crippen molar-refractivity contribution in [2.45, 2.75) is 6.54 Å². The molecule has 0 fully saturated rings. The molecule has 2 N–H and O–H groups in total. The highest BCUT2D eigenvalue weighted by molar-refractivity contribution is 6.05. The van der Waals surface area contributed by atoms with Crippen LogP contribution in [0.2, 0.25) is 0 Å². The smallest absolute Gasteiger partial charge is 0.255 e. The van der Waals surface area contributed by atoms with Gasteiger partial charge in [-0.15, -0.1) is 5.10 Å². The molecule has 0 unspecified atom stereocenters. The Labute approximate surface area is 149 Å². The van der Waals surface area contributed by atoms with E-state index >= 15 is 0 Å². The van der Waals surface area contributed by atoms with Crippen LogP contribution in [0.25, 0.3) is 5.69 Å². The van der Waals surface area contributed by atoms with Crippen molar-refractivity contribution in [2.24, 2.45) is 0 Å². The van der Waals surface area contributed by atoms with Crippen LogP contribution in [0.4, 0.5) is 5.69 Å². The number of carbonyl (C=O) groups is 2. The van der Waals surface area contributed by atoms with Crippen molar-refractivity contribution in [1.29, 1.82) is 0 Å². The van der Waals surface area contributed by atoms with Gasteiger partial charge < -0.3 is 10.6 Å². The van der Waals surface area contributed by atoms with Crippen molar-refractivity contribution >= 4 is 17.5 Å². The van der Waals surface area contributed by atoms with Gasteiger partial charge in [0, 0.05) is 12.1 Å². The molecule has 0 aliphatic heterocycles. The second kappa shape index (κ2) is 7.84. The molecule has 0 spiro atoms. The Balaban J connectivity index is 1.71. The molecule has 1 heterocycles. The fourth-order valence-corrected chi connectivity index (χ4v) is 2.28. The number of hydrogen-bond donors (Lipinski definition) is 2. The topological polar surface area (TPSA) is 102 Å². The van der Waals surface area contributed by atoms with E-state index in [9.17, 15) is 9.59 Å². The lowest BCUT2D eigenvalue weighted by Crippen LogP contribution is -2.20. The summed E-state index contributed by atoms with van der Waals surface area (Å²) in [5, 5.41) is 16.6. The maximum atomic E-state index is 12.5. The highest BCUT2D eigenvalue weighted by Crippen LogP contribution is 2.19. The van der Waals surface area contributed by atoms with E-state index in [0.717, 1.165) is 5.56 Å². The predicted molar refractivity (Wildman–Crippen MR) is 95.6 cm³/mol. The van der Waals surface area contributed by atoms with E-state index in [1.54, 1.807) is 36.4 Å². The fourth-order valence-electron chi connectivity index (χ4n) is 2.28. The molecule has 0 atom stereocenters. The predicted octanol–water partition coefficient (Wildman–Crippen LogP) is 1.72. The molecule has 0 saturated heterocycles. The molecule has 3 rings (SSSR count). The Kier molecular flexibility index (Phi) is 5.14. The molecule has 0 radical (unpaired) electrons. The summed E-state index contributed by atoms with van der Waals surface area (Å²) in [7, 11) is 0.